The zero-order valence-electron chi connectivity index (χ0n) is 12.2. The van der Waals surface area contributed by atoms with Crippen LogP contribution in [0.1, 0.15) is 17.1 Å². The molecule has 5 heteroatoms. The van der Waals surface area contributed by atoms with E-state index in [0.717, 1.165) is 17.0 Å². The van der Waals surface area contributed by atoms with Crippen molar-refractivity contribution in [1.82, 2.24) is 0 Å². The predicted octanol–water partition coefficient (Wildman–Crippen LogP) is 2.55. The fraction of sp³-hybridized carbons (Fsp3) is 0.375. The van der Waals surface area contributed by atoms with Gasteiger partial charge in [-0.3, -0.25) is 0 Å². The van der Waals surface area contributed by atoms with Crippen LogP contribution < -0.4 is 5.32 Å². The first-order chi connectivity index (χ1) is 10.3. The molecule has 0 spiro atoms. The molecule has 5 nitrogen and oxygen atoms in total. The van der Waals surface area contributed by atoms with Gasteiger partial charge >= 0.3 is 0 Å². The van der Waals surface area contributed by atoms with Crippen LogP contribution in [0.5, 0.6) is 0 Å². The van der Waals surface area contributed by atoms with E-state index in [4.69, 9.17) is 19.0 Å². The number of nitrogens with one attached hydrogen (secondary N) is 1. The first kappa shape index (κ1) is 15.6. The highest BCUT2D eigenvalue weighted by atomic mass is 16.5. The molecule has 2 rings (SSSR count). The van der Waals surface area contributed by atoms with Gasteiger partial charge in [-0.15, -0.1) is 0 Å². The SMILES string of the molecule is COCCOCc1cccc(NCc2ccc(CO)o2)c1. The Morgan fingerprint density at radius 2 is 2.00 bits per heavy atom. The van der Waals surface area contributed by atoms with Gasteiger partial charge in [0.2, 0.25) is 0 Å². The highest BCUT2D eigenvalue weighted by Crippen LogP contribution is 2.14. The predicted molar refractivity (Wildman–Crippen MR) is 79.9 cm³/mol. The molecule has 0 radical (unpaired) electrons. The summed E-state index contributed by atoms with van der Waals surface area (Å²) >= 11 is 0. The third kappa shape index (κ3) is 5.23. The molecule has 0 aliphatic heterocycles. The fourth-order valence-corrected chi connectivity index (χ4v) is 1.89. The molecular formula is C16H21NO4. The number of furan rings is 1. The molecule has 0 aliphatic rings. The summed E-state index contributed by atoms with van der Waals surface area (Å²) in [7, 11) is 1.66. The number of benzene rings is 1. The summed E-state index contributed by atoms with van der Waals surface area (Å²) < 4.78 is 15.9. The number of hydrogen-bond donors (Lipinski definition) is 2. The maximum absolute atomic E-state index is 8.96. The second kappa shape index (κ2) is 8.46. The molecule has 0 fully saturated rings. The Morgan fingerprint density at radius 1 is 1.14 bits per heavy atom. The topological polar surface area (TPSA) is 63.9 Å². The van der Waals surface area contributed by atoms with Gasteiger partial charge in [0, 0.05) is 12.8 Å². The smallest absolute Gasteiger partial charge is 0.129 e. The minimum absolute atomic E-state index is 0.0751. The fourth-order valence-electron chi connectivity index (χ4n) is 1.89. The van der Waals surface area contributed by atoms with E-state index in [0.29, 0.717) is 32.1 Å². The Labute approximate surface area is 124 Å². The number of anilines is 1. The molecule has 0 amide bonds. The Morgan fingerprint density at radius 3 is 2.76 bits per heavy atom. The molecule has 21 heavy (non-hydrogen) atoms. The van der Waals surface area contributed by atoms with Gasteiger partial charge in [-0.05, 0) is 29.8 Å². The van der Waals surface area contributed by atoms with Crippen molar-refractivity contribution in [3.63, 3.8) is 0 Å². The van der Waals surface area contributed by atoms with Crippen LogP contribution in [0.3, 0.4) is 0 Å². The van der Waals surface area contributed by atoms with Crippen molar-refractivity contribution >= 4 is 5.69 Å². The van der Waals surface area contributed by atoms with Gasteiger partial charge in [0.1, 0.15) is 18.1 Å². The molecule has 0 aliphatic carbocycles. The minimum Gasteiger partial charge on any atom is -0.462 e. The lowest BCUT2D eigenvalue weighted by atomic mass is 10.2. The van der Waals surface area contributed by atoms with Crippen LogP contribution in [-0.2, 0) is 29.2 Å². The second-order valence-electron chi connectivity index (χ2n) is 4.63. The van der Waals surface area contributed by atoms with Gasteiger partial charge in [0.15, 0.2) is 0 Å². The largest absolute Gasteiger partial charge is 0.462 e. The van der Waals surface area contributed by atoms with Crippen LogP contribution in [0.2, 0.25) is 0 Å². The van der Waals surface area contributed by atoms with E-state index >= 15 is 0 Å². The summed E-state index contributed by atoms with van der Waals surface area (Å²) in [6, 6.07) is 11.7. The summed E-state index contributed by atoms with van der Waals surface area (Å²) in [5.41, 5.74) is 2.11. The van der Waals surface area contributed by atoms with Crippen LogP contribution in [0.25, 0.3) is 0 Å². The van der Waals surface area contributed by atoms with E-state index < -0.39 is 0 Å². The maximum Gasteiger partial charge on any atom is 0.129 e. The summed E-state index contributed by atoms with van der Waals surface area (Å²) in [5, 5.41) is 12.2. The van der Waals surface area contributed by atoms with Crippen molar-refractivity contribution in [2.75, 3.05) is 25.6 Å². The standard InChI is InChI=1S/C16H21NO4/c1-19-7-8-20-12-13-3-2-4-14(9-13)17-10-15-5-6-16(11-18)21-15/h2-6,9,17-18H,7-8,10-12H2,1H3. The Hall–Kier alpha value is -1.82. The quantitative estimate of drug-likeness (QED) is 0.695. The molecule has 1 aromatic carbocycles. The summed E-state index contributed by atoms with van der Waals surface area (Å²) in [4.78, 5) is 0. The number of aliphatic hydroxyl groups is 1. The van der Waals surface area contributed by atoms with Crippen LogP contribution in [0.15, 0.2) is 40.8 Å². The summed E-state index contributed by atoms with van der Waals surface area (Å²) in [6.45, 7) is 2.25. The van der Waals surface area contributed by atoms with E-state index in [2.05, 4.69) is 5.32 Å². The molecule has 1 aromatic heterocycles. The van der Waals surface area contributed by atoms with Gasteiger partial charge in [-0.25, -0.2) is 0 Å². The summed E-state index contributed by atoms with van der Waals surface area (Å²) in [5.74, 6) is 1.37. The number of ether oxygens (including phenoxy) is 2. The number of aliphatic hydroxyl groups excluding tert-OH is 1. The second-order valence-corrected chi connectivity index (χ2v) is 4.63. The highest BCUT2D eigenvalue weighted by molar-refractivity contribution is 5.45. The van der Waals surface area contributed by atoms with E-state index in [1.807, 2.05) is 30.3 Å². The van der Waals surface area contributed by atoms with Crippen molar-refractivity contribution in [2.45, 2.75) is 19.8 Å². The average molecular weight is 291 g/mol. The first-order valence-corrected chi connectivity index (χ1v) is 6.90. The normalized spacial score (nSPS) is 10.8. The number of hydrogen-bond acceptors (Lipinski definition) is 5. The Kier molecular flexibility index (Phi) is 6.27. The van der Waals surface area contributed by atoms with E-state index in [-0.39, 0.29) is 6.61 Å². The van der Waals surface area contributed by atoms with Gasteiger partial charge in [0.05, 0.1) is 26.4 Å². The molecule has 0 saturated carbocycles. The average Bonchev–Trinajstić information content (AvgIpc) is 2.98. The number of rotatable bonds is 9. The molecule has 2 aromatic rings. The van der Waals surface area contributed by atoms with Crippen LogP contribution in [0.4, 0.5) is 5.69 Å². The minimum atomic E-state index is -0.0751. The third-order valence-electron chi connectivity index (χ3n) is 2.97. The van der Waals surface area contributed by atoms with Crippen LogP contribution in [0, 0.1) is 0 Å². The zero-order chi connectivity index (χ0) is 14.9. The zero-order valence-corrected chi connectivity index (χ0v) is 12.2. The van der Waals surface area contributed by atoms with Crippen LogP contribution in [-0.4, -0.2) is 25.4 Å². The molecular weight excluding hydrogens is 270 g/mol. The van der Waals surface area contributed by atoms with Gasteiger partial charge in [-0.1, -0.05) is 12.1 Å². The first-order valence-electron chi connectivity index (χ1n) is 6.90. The van der Waals surface area contributed by atoms with Crippen LogP contribution >= 0.6 is 0 Å². The monoisotopic (exact) mass is 291 g/mol. The molecule has 1 heterocycles. The van der Waals surface area contributed by atoms with E-state index in [1.165, 1.54) is 0 Å². The molecule has 0 saturated heterocycles. The summed E-state index contributed by atoms with van der Waals surface area (Å²) in [6.07, 6.45) is 0. The van der Waals surface area contributed by atoms with E-state index in [9.17, 15) is 0 Å². The number of methoxy groups -OCH3 is 1. The molecule has 0 unspecified atom stereocenters. The molecule has 0 atom stereocenters. The lowest BCUT2D eigenvalue weighted by Gasteiger charge is -2.08. The Balaban J connectivity index is 1.82. The third-order valence-corrected chi connectivity index (χ3v) is 2.97. The molecule has 0 bridgehead atoms. The van der Waals surface area contributed by atoms with Crippen molar-refractivity contribution in [3.8, 4) is 0 Å². The van der Waals surface area contributed by atoms with Crippen molar-refractivity contribution in [3.05, 3.63) is 53.5 Å². The lowest BCUT2D eigenvalue weighted by molar-refractivity contribution is 0.0617. The molecule has 114 valence electrons. The lowest BCUT2D eigenvalue weighted by Crippen LogP contribution is -2.03. The van der Waals surface area contributed by atoms with Crippen molar-refractivity contribution < 1.29 is 19.0 Å². The van der Waals surface area contributed by atoms with Gasteiger partial charge in [-0.2, -0.15) is 0 Å². The van der Waals surface area contributed by atoms with Crippen molar-refractivity contribution in [2.24, 2.45) is 0 Å². The van der Waals surface area contributed by atoms with Crippen molar-refractivity contribution in [1.29, 1.82) is 0 Å². The maximum atomic E-state index is 8.96. The molecule has 2 N–H and O–H groups in total. The van der Waals surface area contributed by atoms with Gasteiger partial charge < -0.3 is 24.3 Å². The van der Waals surface area contributed by atoms with E-state index in [1.54, 1.807) is 13.2 Å². The highest BCUT2D eigenvalue weighted by Gasteiger charge is 2.01. The van der Waals surface area contributed by atoms with Gasteiger partial charge in [0.25, 0.3) is 0 Å². The Bertz CT molecular complexity index is 539.